The number of rotatable bonds is 6. The normalized spacial score (nSPS) is 22.8. The third-order valence-corrected chi connectivity index (χ3v) is 4.91. The van der Waals surface area contributed by atoms with Crippen molar-refractivity contribution in [3.63, 3.8) is 0 Å². The Labute approximate surface area is 167 Å². The molecule has 2 aliphatic heterocycles. The molecule has 9 heteroatoms. The molecular formula is C20H22N2O7. The van der Waals surface area contributed by atoms with Gasteiger partial charge in [0.25, 0.3) is 0 Å². The zero-order valence-corrected chi connectivity index (χ0v) is 16.4. The molecule has 154 valence electrons. The highest BCUT2D eigenvalue weighted by atomic mass is 16.6. The Morgan fingerprint density at radius 3 is 2.66 bits per heavy atom. The number of carbonyl (C=O) groups is 3. The molecule has 9 nitrogen and oxygen atoms in total. The minimum atomic E-state index is -1.83. The number of allylic oxidation sites excluding steroid dienone is 1. The maximum absolute atomic E-state index is 13.3. The van der Waals surface area contributed by atoms with Crippen molar-refractivity contribution in [3.8, 4) is 0 Å². The second-order valence-corrected chi connectivity index (χ2v) is 6.52. The quantitative estimate of drug-likeness (QED) is 0.546. The summed E-state index contributed by atoms with van der Waals surface area (Å²) in [5, 5.41) is 11.0. The summed E-state index contributed by atoms with van der Waals surface area (Å²) in [6, 6.07) is 6.70. The van der Waals surface area contributed by atoms with Crippen LogP contribution in [0.4, 0.5) is 5.69 Å². The minimum absolute atomic E-state index is 0.0184. The molecule has 0 radical (unpaired) electrons. The number of hydrogen-bond acceptors (Lipinski definition) is 8. The highest BCUT2D eigenvalue weighted by Crippen LogP contribution is 2.52. The van der Waals surface area contributed by atoms with Crippen LogP contribution in [0.1, 0.15) is 19.4 Å². The SMILES string of the molecule is CCOC(=O)C1C(=N)OC(C)=C(C(=O)OCCOC)C12C(=O)Nc1ccccc12. The number of methoxy groups -OCH3 is 1. The number of para-hydroxylation sites is 1. The van der Waals surface area contributed by atoms with Crippen molar-refractivity contribution < 1.29 is 33.3 Å². The molecular weight excluding hydrogens is 380 g/mol. The van der Waals surface area contributed by atoms with Crippen LogP contribution in [0, 0.1) is 11.3 Å². The summed E-state index contributed by atoms with van der Waals surface area (Å²) < 4.78 is 20.7. The summed E-state index contributed by atoms with van der Waals surface area (Å²) in [6.07, 6.45) is 0. The molecule has 0 aromatic heterocycles. The van der Waals surface area contributed by atoms with E-state index in [2.05, 4.69) is 5.32 Å². The zero-order chi connectivity index (χ0) is 21.2. The molecule has 1 spiro atoms. The van der Waals surface area contributed by atoms with Crippen LogP contribution in [-0.4, -0.2) is 50.7 Å². The molecule has 2 heterocycles. The Morgan fingerprint density at radius 2 is 1.97 bits per heavy atom. The van der Waals surface area contributed by atoms with Crippen LogP contribution in [0.25, 0.3) is 0 Å². The summed E-state index contributed by atoms with van der Waals surface area (Å²) in [5.74, 6) is -4.21. The van der Waals surface area contributed by atoms with Crippen LogP contribution in [0.5, 0.6) is 0 Å². The average molecular weight is 402 g/mol. The van der Waals surface area contributed by atoms with Gasteiger partial charge in [0.15, 0.2) is 5.92 Å². The van der Waals surface area contributed by atoms with Crippen molar-refractivity contribution in [2.75, 3.05) is 32.2 Å². The zero-order valence-electron chi connectivity index (χ0n) is 16.4. The van der Waals surface area contributed by atoms with E-state index in [1.54, 1.807) is 31.2 Å². The lowest BCUT2D eigenvalue weighted by molar-refractivity contribution is -0.151. The first kappa shape index (κ1) is 20.5. The van der Waals surface area contributed by atoms with Crippen LogP contribution in [0.15, 0.2) is 35.6 Å². The van der Waals surface area contributed by atoms with E-state index in [4.69, 9.17) is 24.4 Å². The number of benzene rings is 1. The van der Waals surface area contributed by atoms with Gasteiger partial charge < -0.3 is 24.3 Å². The lowest BCUT2D eigenvalue weighted by atomic mass is 9.64. The highest BCUT2D eigenvalue weighted by Gasteiger charge is 2.65. The van der Waals surface area contributed by atoms with E-state index >= 15 is 0 Å². The van der Waals surface area contributed by atoms with Gasteiger partial charge in [-0.1, -0.05) is 18.2 Å². The Hall–Kier alpha value is -3.20. The number of fused-ring (bicyclic) bond motifs is 2. The fourth-order valence-electron chi connectivity index (χ4n) is 3.81. The van der Waals surface area contributed by atoms with Crippen molar-refractivity contribution in [2.24, 2.45) is 5.92 Å². The van der Waals surface area contributed by atoms with Crippen LogP contribution in [-0.2, 0) is 38.7 Å². The molecule has 2 N–H and O–H groups in total. The summed E-state index contributed by atoms with van der Waals surface area (Å²) in [6.45, 7) is 3.22. The molecule has 2 unspecified atom stereocenters. The third-order valence-electron chi connectivity index (χ3n) is 4.91. The first-order valence-corrected chi connectivity index (χ1v) is 9.10. The molecule has 2 aliphatic rings. The lowest BCUT2D eigenvalue weighted by Crippen LogP contribution is -2.55. The van der Waals surface area contributed by atoms with Gasteiger partial charge >= 0.3 is 11.9 Å². The standard InChI is InChI=1S/C20H22N2O7/c1-4-27-18(24)15-16(21)29-11(2)14(17(23)28-10-9-26-3)20(15)12-7-5-6-8-13(12)22-19(20)25/h5-8,15,21H,4,9-10H2,1-3H3,(H,22,25). The van der Waals surface area contributed by atoms with Crippen LogP contribution in [0.2, 0.25) is 0 Å². The van der Waals surface area contributed by atoms with E-state index in [-0.39, 0.29) is 31.2 Å². The monoisotopic (exact) mass is 402 g/mol. The fourth-order valence-corrected chi connectivity index (χ4v) is 3.81. The summed E-state index contributed by atoms with van der Waals surface area (Å²) >= 11 is 0. The summed E-state index contributed by atoms with van der Waals surface area (Å²) in [5.41, 5.74) is -1.14. The Bertz CT molecular complexity index is 908. The first-order valence-electron chi connectivity index (χ1n) is 9.10. The molecule has 0 fully saturated rings. The summed E-state index contributed by atoms with van der Waals surface area (Å²) in [7, 11) is 1.46. The number of nitrogens with one attached hydrogen (secondary N) is 2. The molecule has 29 heavy (non-hydrogen) atoms. The van der Waals surface area contributed by atoms with Gasteiger partial charge in [0.05, 0.1) is 18.8 Å². The molecule has 1 aromatic carbocycles. The largest absolute Gasteiger partial charge is 0.465 e. The van der Waals surface area contributed by atoms with E-state index in [0.717, 1.165) is 0 Å². The van der Waals surface area contributed by atoms with Gasteiger partial charge in [0.1, 0.15) is 17.8 Å². The number of ether oxygens (including phenoxy) is 4. The van der Waals surface area contributed by atoms with Crippen molar-refractivity contribution in [1.82, 2.24) is 0 Å². The van der Waals surface area contributed by atoms with Gasteiger partial charge in [-0.25, -0.2) is 4.79 Å². The topological polar surface area (TPSA) is 124 Å². The predicted octanol–water partition coefficient (Wildman–Crippen LogP) is 1.53. The average Bonchev–Trinajstić information content (AvgIpc) is 2.94. The fraction of sp³-hybridized carbons (Fsp3) is 0.400. The maximum atomic E-state index is 13.3. The van der Waals surface area contributed by atoms with E-state index in [9.17, 15) is 14.4 Å². The Kier molecular flexibility index (Phi) is 5.69. The molecule has 0 bridgehead atoms. The smallest absolute Gasteiger partial charge is 0.339 e. The second-order valence-electron chi connectivity index (χ2n) is 6.52. The van der Waals surface area contributed by atoms with Crippen LogP contribution >= 0.6 is 0 Å². The molecule has 0 aliphatic carbocycles. The molecule has 0 saturated heterocycles. The maximum Gasteiger partial charge on any atom is 0.339 e. The van der Waals surface area contributed by atoms with E-state index in [1.807, 2.05) is 0 Å². The van der Waals surface area contributed by atoms with Gasteiger partial charge in [-0.3, -0.25) is 15.0 Å². The van der Waals surface area contributed by atoms with Crippen LogP contribution in [0.3, 0.4) is 0 Å². The third kappa shape index (κ3) is 3.17. The molecule has 2 atom stereocenters. The van der Waals surface area contributed by atoms with Gasteiger partial charge in [0, 0.05) is 12.8 Å². The molecule has 1 amide bonds. The molecule has 0 saturated carbocycles. The van der Waals surface area contributed by atoms with Gasteiger partial charge in [-0.05, 0) is 25.5 Å². The summed E-state index contributed by atoms with van der Waals surface area (Å²) in [4.78, 5) is 39.2. The predicted molar refractivity (Wildman–Crippen MR) is 101 cm³/mol. The first-order chi connectivity index (χ1) is 13.9. The number of hydrogen-bond donors (Lipinski definition) is 2. The molecule has 3 rings (SSSR count). The number of carbonyl (C=O) groups excluding carboxylic acids is 3. The van der Waals surface area contributed by atoms with E-state index in [1.165, 1.54) is 14.0 Å². The number of anilines is 1. The van der Waals surface area contributed by atoms with Gasteiger partial charge in [0.2, 0.25) is 11.8 Å². The van der Waals surface area contributed by atoms with Crippen molar-refractivity contribution in [3.05, 3.63) is 41.2 Å². The van der Waals surface area contributed by atoms with Gasteiger partial charge in [-0.15, -0.1) is 0 Å². The highest BCUT2D eigenvalue weighted by molar-refractivity contribution is 6.21. The van der Waals surface area contributed by atoms with E-state index in [0.29, 0.717) is 11.3 Å². The van der Waals surface area contributed by atoms with Gasteiger partial charge in [-0.2, -0.15) is 0 Å². The Morgan fingerprint density at radius 1 is 1.24 bits per heavy atom. The van der Waals surface area contributed by atoms with Crippen molar-refractivity contribution in [1.29, 1.82) is 5.41 Å². The number of amides is 1. The number of esters is 2. The van der Waals surface area contributed by atoms with Crippen molar-refractivity contribution in [2.45, 2.75) is 19.3 Å². The second kappa shape index (κ2) is 8.04. The van der Waals surface area contributed by atoms with E-state index < -0.39 is 35.1 Å². The molecule has 1 aromatic rings. The Balaban J connectivity index is 2.24. The lowest BCUT2D eigenvalue weighted by Gasteiger charge is -2.39. The minimum Gasteiger partial charge on any atom is -0.465 e. The van der Waals surface area contributed by atoms with Crippen molar-refractivity contribution >= 4 is 29.4 Å². The van der Waals surface area contributed by atoms with Crippen LogP contribution < -0.4 is 5.32 Å².